The minimum Gasteiger partial charge on any atom is -0.395 e. The van der Waals surface area contributed by atoms with Gasteiger partial charge in [0.05, 0.1) is 35.3 Å². The van der Waals surface area contributed by atoms with Crippen molar-refractivity contribution in [3.63, 3.8) is 0 Å². The van der Waals surface area contributed by atoms with Gasteiger partial charge in [0.1, 0.15) is 6.54 Å². The maximum atomic E-state index is 13.5. The quantitative estimate of drug-likeness (QED) is 0.397. The Hall–Kier alpha value is -3.10. The number of fused-ring (bicyclic) bond motifs is 1. The highest BCUT2D eigenvalue weighted by atomic mass is 35.5. The van der Waals surface area contributed by atoms with E-state index in [1.807, 2.05) is 0 Å². The van der Waals surface area contributed by atoms with E-state index in [0.29, 0.717) is 29.6 Å². The molecule has 9 nitrogen and oxygen atoms in total. The summed E-state index contributed by atoms with van der Waals surface area (Å²) in [6, 6.07) is 8.39. The topological polar surface area (TPSA) is 108 Å². The van der Waals surface area contributed by atoms with E-state index in [0.717, 1.165) is 22.7 Å². The number of amides is 3. The van der Waals surface area contributed by atoms with Crippen molar-refractivity contribution in [3.05, 3.63) is 69.2 Å². The van der Waals surface area contributed by atoms with Gasteiger partial charge in [0.15, 0.2) is 0 Å². The Morgan fingerprint density at radius 2 is 2.00 bits per heavy atom. The van der Waals surface area contributed by atoms with Gasteiger partial charge in [0.25, 0.3) is 11.1 Å². The van der Waals surface area contributed by atoms with Crippen LogP contribution in [0.3, 0.4) is 0 Å². The monoisotopic (exact) mass is 629 g/mol. The van der Waals surface area contributed by atoms with Crippen LogP contribution in [0.5, 0.6) is 0 Å². The van der Waals surface area contributed by atoms with E-state index in [2.05, 4.69) is 10.4 Å². The van der Waals surface area contributed by atoms with Crippen LogP contribution in [0, 0.1) is 0 Å². The summed E-state index contributed by atoms with van der Waals surface area (Å²) in [5, 5.41) is 16.7. The lowest BCUT2D eigenvalue weighted by molar-refractivity contribution is -0.138. The third kappa shape index (κ3) is 6.70. The van der Waals surface area contributed by atoms with Crippen LogP contribution in [0.25, 0.3) is 17.0 Å². The number of benzene rings is 2. The number of aliphatic hydroxyl groups is 1. The molecule has 1 aromatic heterocycles. The predicted molar refractivity (Wildman–Crippen MR) is 151 cm³/mol. The molecule has 3 amide bonds. The first-order valence-corrected chi connectivity index (χ1v) is 13.4. The van der Waals surface area contributed by atoms with E-state index >= 15 is 0 Å². The number of alkyl halides is 3. The van der Waals surface area contributed by atoms with Crippen molar-refractivity contribution >= 4 is 69.8 Å². The minimum atomic E-state index is -4.57. The molecule has 2 N–H and O–H groups in total. The van der Waals surface area contributed by atoms with Crippen LogP contribution in [-0.4, -0.2) is 80.6 Å². The number of rotatable bonds is 6. The Balaban J connectivity index is 0.00000387. The molecule has 2 aliphatic heterocycles. The molecule has 218 valence electrons. The number of nitrogens with zero attached hydrogens (tertiary/aromatic N) is 4. The predicted octanol–water partition coefficient (Wildman–Crippen LogP) is 4.01. The molecule has 0 unspecified atom stereocenters. The minimum absolute atomic E-state index is 0. The molecule has 3 heterocycles. The van der Waals surface area contributed by atoms with Gasteiger partial charge in [-0.1, -0.05) is 23.7 Å². The maximum Gasteiger partial charge on any atom is 0.416 e. The first-order valence-electron chi connectivity index (χ1n) is 12.2. The first kappa shape index (κ1) is 30.8. The van der Waals surface area contributed by atoms with Gasteiger partial charge in [0, 0.05) is 36.1 Å². The largest absolute Gasteiger partial charge is 0.416 e. The number of thioether (sulfide) groups is 1. The lowest BCUT2D eigenvalue weighted by atomic mass is 10.1. The number of carbonyl (C=O) groups is 3. The van der Waals surface area contributed by atoms with Crippen molar-refractivity contribution in [2.75, 3.05) is 32.8 Å². The molecule has 0 spiro atoms. The van der Waals surface area contributed by atoms with Gasteiger partial charge in [-0.25, -0.2) is 0 Å². The summed E-state index contributed by atoms with van der Waals surface area (Å²) in [7, 11) is 0. The van der Waals surface area contributed by atoms with Crippen LogP contribution in [-0.2, 0) is 22.3 Å². The van der Waals surface area contributed by atoms with Crippen molar-refractivity contribution < 1.29 is 32.7 Å². The molecule has 0 bridgehead atoms. The number of aliphatic hydroxyl groups excluding tert-OH is 1. The van der Waals surface area contributed by atoms with Crippen LogP contribution in [0.15, 0.2) is 47.5 Å². The molecule has 5 rings (SSSR count). The van der Waals surface area contributed by atoms with Crippen LogP contribution in [0.1, 0.15) is 16.7 Å². The average Bonchev–Trinajstić information content (AvgIpc) is 3.44. The highest BCUT2D eigenvalue weighted by Crippen LogP contribution is 2.35. The van der Waals surface area contributed by atoms with Crippen molar-refractivity contribution in [3.8, 4) is 0 Å². The summed E-state index contributed by atoms with van der Waals surface area (Å²) in [4.78, 5) is 40.7. The Morgan fingerprint density at radius 1 is 1.22 bits per heavy atom. The van der Waals surface area contributed by atoms with Gasteiger partial charge < -0.3 is 15.3 Å². The molecule has 2 saturated heterocycles. The molecule has 2 aliphatic rings. The first-order chi connectivity index (χ1) is 19.0. The highest BCUT2D eigenvalue weighted by Gasteiger charge is 2.38. The zero-order valence-electron chi connectivity index (χ0n) is 21.2. The second kappa shape index (κ2) is 12.4. The van der Waals surface area contributed by atoms with Crippen LogP contribution < -0.4 is 5.32 Å². The molecule has 2 fully saturated rings. The second-order valence-corrected chi connectivity index (χ2v) is 10.8. The third-order valence-electron chi connectivity index (χ3n) is 6.66. The molecular formula is C26H24Cl2F3N5O4S. The number of piperazine rings is 1. The number of halogens is 5. The summed E-state index contributed by atoms with van der Waals surface area (Å²) in [5.74, 6) is -0.970. The highest BCUT2D eigenvalue weighted by molar-refractivity contribution is 8.18. The molecule has 41 heavy (non-hydrogen) atoms. The van der Waals surface area contributed by atoms with Crippen LogP contribution in [0.2, 0.25) is 5.02 Å². The molecule has 2 aromatic carbocycles. The van der Waals surface area contributed by atoms with Gasteiger partial charge in [-0.05, 0) is 53.2 Å². The summed E-state index contributed by atoms with van der Waals surface area (Å²) < 4.78 is 42.0. The molecule has 15 heteroatoms. The zero-order chi connectivity index (χ0) is 28.6. The average molecular weight is 630 g/mol. The molecule has 3 aromatic rings. The van der Waals surface area contributed by atoms with Crippen molar-refractivity contribution in [1.29, 1.82) is 0 Å². The summed E-state index contributed by atoms with van der Waals surface area (Å²) in [6.07, 6.45) is -1.54. The lowest BCUT2D eigenvalue weighted by Gasteiger charge is -2.33. The van der Waals surface area contributed by atoms with E-state index in [4.69, 9.17) is 11.6 Å². The fourth-order valence-electron chi connectivity index (χ4n) is 4.63. The van der Waals surface area contributed by atoms with Crippen molar-refractivity contribution in [2.24, 2.45) is 0 Å². The SMILES string of the molecule is Cl.O=C(CN1C(=O)SC(=Cc2ccc3c(cnn3Cc3ccc(Cl)cc3C(F)(F)F)c2)C1=O)N1CCN[C@@H](CO)C1. The second-order valence-electron chi connectivity index (χ2n) is 9.36. The van der Waals surface area contributed by atoms with E-state index in [9.17, 15) is 32.7 Å². The normalized spacial score (nSPS) is 18.9. The van der Waals surface area contributed by atoms with Gasteiger partial charge in [-0.2, -0.15) is 18.3 Å². The number of nitrogens with one attached hydrogen (secondary N) is 1. The summed E-state index contributed by atoms with van der Waals surface area (Å²) >= 11 is 6.50. The molecule has 1 atom stereocenters. The van der Waals surface area contributed by atoms with Gasteiger partial charge in [-0.15, -0.1) is 12.4 Å². The third-order valence-corrected chi connectivity index (χ3v) is 7.80. The smallest absolute Gasteiger partial charge is 0.395 e. The molecule has 0 saturated carbocycles. The zero-order valence-corrected chi connectivity index (χ0v) is 23.6. The fourth-order valence-corrected chi connectivity index (χ4v) is 5.64. The number of hydrogen-bond donors (Lipinski definition) is 2. The summed E-state index contributed by atoms with van der Waals surface area (Å²) in [6.45, 7) is 0.536. The standard InChI is InChI=1S/C26H23ClF3N5O4S.ClH/c27-18-3-2-16(20(9-18)26(28,29)30)11-35-21-4-1-15(7-17(21)10-32-35)8-22-24(38)34(25(39)40-22)13-23(37)33-6-5-31-19(12-33)14-36;/h1-4,7-10,19,31,36H,5-6,11-14H2;1H/t19-;/m1./s1. The van der Waals surface area contributed by atoms with E-state index in [1.165, 1.54) is 34.0 Å². The fraction of sp³-hybridized carbons (Fsp3) is 0.308. The van der Waals surface area contributed by atoms with E-state index in [-0.39, 0.29) is 59.5 Å². The van der Waals surface area contributed by atoms with Crippen LogP contribution in [0.4, 0.5) is 18.0 Å². The summed E-state index contributed by atoms with van der Waals surface area (Å²) in [5.41, 5.74) is 0.344. The molecule has 0 radical (unpaired) electrons. The van der Waals surface area contributed by atoms with Crippen molar-refractivity contribution in [1.82, 2.24) is 24.9 Å². The molecular weight excluding hydrogens is 606 g/mol. The van der Waals surface area contributed by atoms with E-state index in [1.54, 1.807) is 18.2 Å². The molecule has 0 aliphatic carbocycles. The Kier molecular flexibility index (Phi) is 9.34. The Morgan fingerprint density at radius 3 is 2.73 bits per heavy atom. The Labute approximate surface area is 247 Å². The Bertz CT molecular complexity index is 1530. The number of imide groups is 1. The van der Waals surface area contributed by atoms with Crippen molar-refractivity contribution in [2.45, 2.75) is 18.8 Å². The number of hydrogen-bond acceptors (Lipinski definition) is 7. The van der Waals surface area contributed by atoms with Gasteiger partial charge in [-0.3, -0.25) is 24.0 Å². The van der Waals surface area contributed by atoms with Gasteiger partial charge in [0.2, 0.25) is 5.91 Å². The lowest BCUT2D eigenvalue weighted by Crippen LogP contribution is -2.55. The van der Waals surface area contributed by atoms with E-state index < -0.39 is 29.4 Å². The number of carbonyl (C=O) groups excluding carboxylic acids is 3. The van der Waals surface area contributed by atoms with Gasteiger partial charge >= 0.3 is 6.18 Å². The number of aromatic nitrogens is 2. The maximum absolute atomic E-state index is 13.5. The van der Waals surface area contributed by atoms with Crippen LogP contribution >= 0.6 is 35.8 Å².